The largest absolute Gasteiger partial charge is 0.467 e. The monoisotopic (exact) mass is 511 g/mol. The van der Waals surface area contributed by atoms with Gasteiger partial charge in [-0.2, -0.15) is 13.2 Å². The van der Waals surface area contributed by atoms with Crippen LogP contribution in [-0.4, -0.2) is 33.7 Å². The minimum absolute atomic E-state index is 0.166. The topological polar surface area (TPSA) is 101 Å². The Balaban J connectivity index is 1.41. The van der Waals surface area contributed by atoms with Gasteiger partial charge in [-0.05, 0) is 72.9 Å². The molecule has 0 bridgehead atoms. The molecule has 1 spiro atoms. The number of aliphatic hydroxyl groups excluding tert-OH is 1. The summed E-state index contributed by atoms with van der Waals surface area (Å²) in [7, 11) is 0. The van der Waals surface area contributed by atoms with Gasteiger partial charge in [-0.1, -0.05) is 12.1 Å². The van der Waals surface area contributed by atoms with Crippen LogP contribution in [0.5, 0.6) is 5.75 Å². The maximum atomic E-state index is 13.0. The number of hydrogen-bond acceptors (Lipinski definition) is 5. The predicted molar refractivity (Wildman–Crippen MR) is 129 cm³/mol. The molecule has 1 aliphatic heterocycles. The number of amides is 2. The van der Waals surface area contributed by atoms with Gasteiger partial charge in [0.25, 0.3) is 11.8 Å². The Morgan fingerprint density at radius 1 is 1.11 bits per heavy atom. The fourth-order valence-electron chi connectivity index (χ4n) is 4.71. The Kier molecular flexibility index (Phi) is 6.15. The number of ether oxygens (including phenoxy) is 1. The number of nitrogens with one attached hydrogen (secondary N) is 2. The molecular weight excluding hydrogens is 487 g/mol. The lowest BCUT2D eigenvalue weighted by atomic mass is 9.87. The third-order valence-corrected chi connectivity index (χ3v) is 6.75. The Bertz CT molecular complexity index is 1380. The van der Waals surface area contributed by atoms with Crippen LogP contribution in [0.15, 0.2) is 54.7 Å². The third-order valence-electron chi connectivity index (χ3n) is 6.75. The highest BCUT2D eigenvalue weighted by Gasteiger charge is 2.42. The normalized spacial score (nSPS) is 21.1. The van der Waals surface area contributed by atoms with Crippen molar-refractivity contribution in [2.24, 2.45) is 0 Å². The van der Waals surface area contributed by atoms with Gasteiger partial charge in [0.2, 0.25) is 0 Å². The second-order valence-corrected chi connectivity index (χ2v) is 9.40. The summed E-state index contributed by atoms with van der Waals surface area (Å²) in [5.41, 5.74) is 1.02. The zero-order valence-corrected chi connectivity index (χ0v) is 19.9. The van der Waals surface area contributed by atoms with E-state index in [2.05, 4.69) is 15.6 Å². The summed E-state index contributed by atoms with van der Waals surface area (Å²) < 4.78 is 45.2. The second-order valence-electron chi connectivity index (χ2n) is 9.40. The minimum atomic E-state index is -4.66. The van der Waals surface area contributed by atoms with Crippen LogP contribution in [0, 0.1) is 6.92 Å². The molecule has 0 saturated heterocycles. The van der Waals surface area contributed by atoms with E-state index in [1.54, 1.807) is 36.4 Å². The van der Waals surface area contributed by atoms with Crippen molar-refractivity contribution in [2.45, 2.75) is 50.6 Å². The highest BCUT2D eigenvalue weighted by atomic mass is 19.4. The van der Waals surface area contributed by atoms with E-state index >= 15 is 0 Å². The van der Waals surface area contributed by atoms with Crippen molar-refractivity contribution in [3.63, 3.8) is 0 Å². The number of nitrogens with zero attached hydrogens (tertiary/aromatic N) is 1. The average molecular weight is 512 g/mol. The molecule has 3 aromatic rings. The number of alkyl halides is 3. The summed E-state index contributed by atoms with van der Waals surface area (Å²) in [6, 6.07) is 12.3. The number of hydrogen-bond donors (Lipinski definition) is 3. The molecule has 3 N–H and O–H groups in total. The summed E-state index contributed by atoms with van der Waals surface area (Å²) in [5.74, 6) is -0.505. The van der Waals surface area contributed by atoms with E-state index < -0.39 is 29.6 Å². The summed E-state index contributed by atoms with van der Waals surface area (Å²) >= 11 is 0. The minimum Gasteiger partial charge on any atom is -0.467 e. The van der Waals surface area contributed by atoms with E-state index in [-0.39, 0.29) is 11.5 Å². The molecule has 37 heavy (non-hydrogen) atoms. The van der Waals surface area contributed by atoms with Crippen LogP contribution in [0.1, 0.15) is 57.7 Å². The standard InChI is InChI=1S/C27H24F3N3O4/c1-15-2-4-18(32-24(35)17-8-11-31-23(13-17)27(28,29)30)14-21(15)16-3-5-20-22(12-16)37-26(33-25(20)36)9-6-19(34)7-10-26/h2-5,8,11-14,19,34H,6-7,9-10H2,1H3,(H,32,35)(H,33,36). The van der Waals surface area contributed by atoms with Crippen LogP contribution in [-0.2, 0) is 6.18 Å². The van der Waals surface area contributed by atoms with Crippen LogP contribution >= 0.6 is 0 Å². The van der Waals surface area contributed by atoms with Gasteiger partial charge in [-0.15, -0.1) is 0 Å². The number of aliphatic hydroxyl groups is 1. The molecule has 1 aliphatic carbocycles. The lowest BCUT2D eigenvalue weighted by Gasteiger charge is -2.42. The SMILES string of the molecule is Cc1ccc(NC(=O)c2ccnc(C(F)(F)F)c2)cc1-c1ccc2c(c1)OC1(CCC(O)CC1)NC2=O. The van der Waals surface area contributed by atoms with Gasteiger partial charge in [0.05, 0.1) is 11.7 Å². The fourth-order valence-corrected chi connectivity index (χ4v) is 4.71. The number of aryl methyl sites for hydroxylation is 1. The summed E-state index contributed by atoms with van der Waals surface area (Å²) in [4.78, 5) is 28.7. The Morgan fingerprint density at radius 3 is 2.59 bits per heavy atom. The van der Waals surface area contributed by atoms with Crippen molar-refractivity contribution < 1.29 is 32.6 Å². The average Bonchev–Trinajstić information content (AvgIpc) is 2.86. The Hall–Kier alpha value is -3.92. The molecule has 0 atom stereocenters. The molecule has 2 aromatic carbocycles. The zero-order chi connectivity index (χ0) is 26.4. The van der Waals surface area contributed by atoms with E-state index in [0.29, 0.717) is 48.8 Å². The predicted octanol–water partition coefficient (Wildman–Crippen LogP) is 5.08. The first-order valence-electron chi connectivity index (χ1n) is 11.8. The van der Waals surface area contributed by atoms with Crippen LogP contribution in [0.3, 0.4) is 0 Å². The van der Waals surface area contributed by atoms with Gasteiger partial charge in [0, 0.05) is 30.3 Å². The quantitative estimate of drug-likeness (QED) is 0.455. The number of fused-ring (bicyclic) bond motifs is 1. The van der Waals surface area contributed by atoms with Crippen molar-refractivity contribution in [2.75, 3.05) is 5.32 Å². The molecule has 1 saturated carbocycles. The maximum Gasteiger partial charge on any atom is 0.433 e. The van der Waals surface area contributed by atoms with E-state index in [1.165, 1.54) is 6.07 Å². The second kappa shape index (κ2) is 9.19. The van der Waals surface area contributed by atoms with Crippen molar-refractivity contribution in [1.82, 2.24) is 10.3 Å². The van der Waals surface area contributed by atoms with E-state index in [0.717, 1.165) is 22.9 Å². The molecule has 0 unspecified atom stereocenters. The Labute approximate surface area is 210 Å². The van der Waals surface area contributed by atoms with Gasteiger partial charge in [-0.25, -0.2) is 0 Å². The summed E-state index contributed by atoms with van der Waals surface area (Å²) in [5, 5.41) is 15.5. The molecule has 1 aromatic heterocycles. The molecule has 7 nitrogen and oxygen atoms in total. The molecule has 1 fully saturated rings. The summed E-state index contributed by atoms with van der Waals surface area (Å²) in [6.07, 6.45) is -2.08. The Morgan fingerprint density at radius 2 is 1.86 bits per heavy atom. The van der Waals surface area contributed by atoms with E-state index in [4.69, 9.17) is 4.74 Å². The fraction of sp³-hybridized carbons (Fsp3) is 0.296. The van der Waals surface area contributed by atoms with Crippen LogP contribution < -0.4 is 15.4 Å². The first kappa shape index (κ1) is 24.8. The van der Waals surface area contributed by atoms with Gasteiger partial charge >= 0.3 is 6.18 Å². The molecule has 192 valence electrons. The van der Waals surface area contributed by atoms with Crippen LogP contribution in [0.4, 0.5) is 18.9 Å². The van der Waals surface area contributed by atoms with Crippen molar-refractivity contribution >= 4 is 17.5 Å². The first-order chi connectivity index (χ1) is 17.5. The van der Waals surface area contributed by atoms with Gasteiger partial charge in [0.1, 0.15) is 11.4 Å². The molecule has 2 aliphatic rings. The molecule has 2 amide bonds. The number of anilines is 1. The van der Waals surface area contributed by atoms with Crippen molar-refractivity contribution in [3.05, 3.63) is 77.1 Å². The van der Waals surface area contributed by atoms with Gasteiger partial charge in [0.15, 0.2) is 5.72 Å². The lowest BCUT2D eigenvalue weighted by molar-refractivity contribution is -0.141. The molecule has 10 heteroatoms. The number of rotatable bonds is 3. The highest BCUT2D eigenvalue weighted by Crippen LogP contribution is 2.39. The highest BCUT2D eigenvalue weighted by molar-refractivity contribution is 6.04. The first-order valence-corrected chi connectivity index (χ1v) is 11.8. The van der Waals surface area contributed by atoms with Crippen molar-refractivity contribution in [1.29, 1.82) is 0 Å². The van der Waals surface area contributed by atoms with Gasteiger partial charge < -0.3 is 20.5 Å². The number of pyridine rings is 1. The van der Waals surface area contributed by atoms with E-state index in [1.807, 2.05) is 6.92 Å². The van der Waals surface area contributed by atoms with Crippen molar-refractivity contribution in [3.8, 4) is 16.9 Å². The molecule has 0 radical (unpaired) electrons. The van der Waals surface area contributed by atoms with Crippen LogP contribution in [0.25, 0.3) is 11.1 Å². The molecule has 5 rings (SSSR count). The molecular formula is C27H24F3N3O4. The number of halogens is 3. The summed E-state index contributed by atoms with van der Waals surface area (Å²) in [6.45, 7) is 1.89. The number of benzene rings is 2. The number of aromatic nitrogens is 1. The maximum absolute atomic E-state index is 13.0. The molecule has 2 heterocycles. The lowest BCUT2D eigenvalue weighted by Crippen LogP contribution is -2.58. The smallest absolute Gasteiger partial charge is 0.433 e. The zero-order valence-electron chi connectivity index (χ0n) is 19.9. The number of carbonyl (C=O) groups excluding carboxylic acids is 2. The van der Waals surface area contributed by atoms with Crippen LogP contribution in [0.2, 0.25) is 0 Å². The number of carbonyl (C=O) groups is 2. The van der Waals surface area contributed by atoms with E-state index in [9.17, 15) is 27.9 Å². The van der Waals surface area contributed by atoms with Gasteiger partial charge in [-0.3, -0.25) is 14.6 Å². The third kappa shape index (κ3) is 5.01.